The molecule has 1 atom stereocenters. The van der Waals surface area contributed by atoms with E-state index >= 15 is 0 Å². The second kappa shape index (κ2) is 12.2. The van der Waals surface area contributed by atoms with Gasteiger partial charge in [0.25, 0.3) is 5.56 Å². The number of hydrogen-bond acceptors (Lipinski definition) is 7. The van der Waals surface area contributed by atoms with Crippen LogP contribution >= 0.6 is 15.9 Å². The molecule has 3 aromatic carbocycles. The molecule has 39 heavy (non-hydrogen) atoms. The number of nitro groups is 1. The molecule has 0 saturated carbocycles. The van der Waals surface area contributed by atoms with E-state index in [1.807, 2.05) is 19.9 Å². The van der Waals surface area contributed by atoms with Crippen LogP contribution in [0.4, 0.5) is 10.1 Å². The summed E-state index contributed by atoms with van der Waals surface area (Å²) in [6.07, 6.45) is 2.06. The van der Waals surface area contributed by atoms with Gasteiger partial charge in [0.15, 0.2) is 5.75 Å². The fraction of sp³-hybridized carbons (Fsp3) is 0.250. The number of rotatable bonds is 10. The standard InChI is InChI=1S/C28H26BrFN4O5/c1-4-17(3)27-32-23-11-10-20(29)14-21(23)28(35)33(27)31-15-18-12-24(34(36)37)26(25(13-18)38-5-2)39-16-19-8-6-7-9-22(19)30/h6-15,17H,4-5,16H2,1-3H3/t17-/m1/s1. The predicted molar refractivity (Wildman–Crippen MR) is 150 cm³/mol. The molecule has 202 valence electrons. The minimum Gasteiger partial charge on any atom is -0.490 e. The first kappa shape index (κ1) is 27.9. The Morgan fingerprint density at radius 2 is 1.95 bits per heavy atom. The van der Waals surface area contributed by atoms with E-state index in [-0.39, 0.29) is 47.4 Å². The van der Waals surface area contributed by atoms with Crippen molar-refractivity contribution in [1.29, 1.82) is 0 Å². The van der Waals surface area contributed by atoms with Crippen molar-refractivity contribution in [1.82, 2.24) is 9.66 Å². The first-order valence-electron chi connectivity index (χ1n) is 12.3. The first-order chi connectivity index (χ1) is 18.7. The van der Waals surface area contributed by atoms with Crippen molar-refractivity contribution >= 4 is 38.7 Å². The Hall–Kier alpha value is -4.12. The highest BCUT2D eigenvalue weighted by molar-refractivity contribution is 9.10. The fourth-order valence-electron chi connectivity index (χ4n) is 3.90. The van der Waals surface area contributed by atoms with Crippen molar-refractivity contribution in [3.63, 3.8) is 0 Å². The van der Waals surface area contributed by atoms with Crippen molar-refractivity contribution in [2.75, 3.05) is 6.61 Å². The second-order valence-electron chi connectivity index (χ2n) is 8.74. The lowest BCUT2D eigenvalue weighted by atomic mass is 10.1. The normalized spacial score (nSPS) is 12.1. The fourth-order valence-corrected chi connectivity index (χ4v) is 4.26. The highest BCUT2D eigenvalue weighted by atomic mass is 79.9. The Morgan fingerprint density at radius 1 is 1.18 bits per heavy atom. The van der Waals surface area contributed by atoms with Crippen LogP contribution < -0.4 is 15.0 Å². The average molecular weight is 597 g/mol. The lowest BCUT2D eigenvalue weighted by molar-refractivity contribution is -0.386. The summed E-state index contributed by atoms with van der Waals surface area (Å²) in [5, 5.41) is 16.8. The van der Waals surface area contributed by atoms with E-state index in [4.69, 9.17) is 9.47 Å². The van der Waals surface area contributed by atoms with Crippen LogP contribution in [0.15, 0.2) is 69.0 Å². The smallest absolute Gasteiger partial charge is 0.315 e. The molecule has 0 spiro atoms. The maximum Gasteiger partial charge on any atom is 0.315 e. The van der Waals surface area contributed by atoms with E-state index in [9.17, 15) is 19.3 Å². The van der Waals surface area contributed by atoms with Crippen LogP contribution in [0.3, 0.4) is 0 Å². The Bertz CT molecular complexity index is 1620. The molecule has 0 radical (unpaired) electrons. The van der Waals surface area contributed by atoms with E-state index < -0.39 is 10.7 Å². The van der Waals surface area contributed by atoms with Gasteiger partial charge in [-0.15, -0.1) is 0 Å². The molecule has 9 nitrogen and oxygen atoms in total. The summed E-state index contributed by atoms with van der Waals surface area (Å²) in [6.45, 7) is 5.62. The number of hydrogen-bond donors (Lipinski definition) is 0. The first-order valence-corrected chi connectivity index (χ1v) is 13.1. The van der Waals surface area contributed by atoms with E-state index in [1.54, 1.807) is 31.2 Å². The quantitative estimate of drug-likeness (QED) is 0.116. The topological polar surface area (TPSA) is 109 Å². The van der Waals surface area contributed by atoms with Crippen molar-refractivity contribution in [3.05, 3.63) is 102 Å². The zero-order valence-corrected chi connectivity index (χ0v) is 23.1. The van der Waals surface area contributed by atoms with Gasteiger partial charge in [0.1, 0.15) is 18.2 Å². The molecule has 0 amide bonds. The number of halogens is 2. The van der Waals surface area contributed by atoms with E-state index in [0.717, 1.165) is 10.9 Å². The zero-order valence-electron chi connectivity index (χ0n) is 21.6. The van der Waals surface area contributed by atoms with Gasteiger partial charge in [0.05, 0.1) is 28.6 Å². The highest BCUT2D eigenvalue weighted by Crippen LogP contribution is 2.39. The minimum absolute atomic E-state index is 0.0784. The number of nitro benzene ring substituents is 1. The summed E-state index contributed by atoms with van der Waals surface area (Å²) in [7, 11) is 0. The summed E-state index contributed by atoms with van der Waals surface area (Å²) < 4.78 is 27.4. The third-order valence-electron chi connectivity index (χ3n) is 6.09. The molecule has 11 heteroatoms. The monoisotopic (exact) mass is 596 g/mol. The van der Waals surface area contributed by atoms with E-state index in [2.05, 4.69) is 26.0 Å². The van der Waals surface area contributed by atoms with Crippen LogP contribution in [0.25, 0.3) is 10.9 Å². The molecular formula is C28H26BrFN4O5. The maximum atomic E-state index is 14.1. The SMILES string of the molecule is CCOc1cc(C=Nn2c([C@H](C)CC)nc3ccc(Br)cc3c2=O)cc([N+](=O)[O-])c1OCc1ccccc1F. The van der Waals surface area contributed by atoms with Gasteiger partial charge in [0, 0.05) is 27.6 Å². The third kappa shape index (κ3) is 6.14. The van der Waals surface area contributed by atoms with Crippen LogP contribution in [0.2, 0.25) is 0 Å². The number of benzene rings is 3. The number of ether oxygens (including phenoxy) is 2. The molecule has 1 aromatic heterocycles. The zero-order chi connectivity index (χ0) is 28.1. The van der Waals surface area contributed by atoms with Crippen LogP contribution in [0.1, 0.15) is 50.1 Å². The van der Waals surface area contributed by atoms with Gasteiger partial charge >= 0.3 is 5.69 Å². The van der Waals surface area contributed by atoms with Gasteiger partial charge in [-0.1, -0.05) is 48.0 Å². The van der Waals surface area contributed by atoms with Crippen molar-refractivity contribution < 1.29 is 18.8 Å². The summed E-state index contributed by atoms with van der Waals surface area (Å²) in [6, 6.07) is 14.1. The molecule has 0 bridgehead atoms. The summed E-state index contributed by atoms with van der Waals surface area (Å²) >= 11 is 3.39. The van der Waals surface area contributed by atoms with Gasteiger partial charge in [-0.05, 0) is 43.7 Å². The largest absolute Gasteiger partial charge is 0.490 e. The third-order valence-corrected chi connectivity index (χ3v) is 6.59. The van der Waals surface area contributed by atoms with Gasteiger partial charge in [-0.3, -0.25) is 14.9 Å². The molecule has 0 fully saturated rings. The Balaban J connectivity index is 1.79. The minimum atomic E-state index is -0.609. The predicted octanol–water partition coefficient (Wildman–Crippen LogP) is 6.58. The molecule has 4 rings (SSSR count). The molecule has 1 heterocycles. The van der Waals surface area contributed by atoms with E-state index in [0.29, 0.717) is 22.3 Å². The lowest BCUT2D eigenvalue weighted by Crippen LogP contribution is -2.23. The van der Waals surface area contributed by atoms with Crippen LogP contribution in [0, 0.1) is 15.9 Å². The highest BCUT2D eigenvalue weighted by Gasteiger charge is 2.23. The van der Waals surface area contributed by atoms with Crippen molar-refractivity contribution in [3.8, 4) is 11.5 Å². The van der Waals surface area contributed by atoms with Crippen molar-refractivity contribution in [2.24, 2.45) is 5.10 Å². The van der Waals surface area contributed by atoms with Gasteiger partial charge in [-0.2, -0.15) is 9.78 Å². The van der Waals surface area contributed by atoms with Crippen molar-refractivity contribution in [2.45, 2.75) is 39.7 Å². The van der Waals surface area contributed by atoms with E-state index in [1.165, 1.54) is 35.2 Å². The summed E-state index contributed by atoms with van der Waals surface area (Å²) in [5.74, 6) is -0.125. The Kier molecular flexibility index (Phi) is 8.70. The summed E-state index contributed by atoms with van der Waals surface area (Å²) in [4.78, 5) is 29.4. The molecular weight excluding hydrogens is 571 g/mol. The molecule has 4 aromatic rings. The van der Waals surface area contributed by atoms with Crippen LogP contribution in [-0.2, 0) is 6.61 Å². The number of fused-ring (bicyclic) bond motifs is 1. The second-order valence-corrected chi connectivity index (χ2v) is 9.66. The average Bonchev–Trinajstić information content (AvgIpc) is 2.92. The van der Waals surface area contributed by atoms with Gasteiger partial charge < -0.3 is 9.47 Å². The van der Waals surface area contributed by atoms with Crippen LogP contribution in [0.5, 0.6) is 11.5 Å². The Morgan fingerprint density at radius 3 is 2.64 bits per heavy atom. The molecule has 0 aliphatic heterocycles. The molecule has 0 aliphatic carbocycles. The maximum absolute atomic E-state index is 14.1. The molecule has 0 aliphatic rings. The molecule has 0 unspecified atom stereocenters. The van der Waals surface area contributed by atoms with Crippen LogP contribution in [-0.4, -0.2) is 27.4 Å². The number of aromatic nitrogens is 2. The lowest BCUT2D eigenvalue weighted by Gasteiger charge is -2.15. The van der Waals surface area contributed by atoms with Gasteiger partial charge in [-0.25, -0.2) is 9.37 Å². The molecule has 0 saturated heterocycles. The van der Waals surface area contributed by atoms with Gasteiger partial charge in [0.2, 0.25) is 5.75 Å². The summed E-state index contributed by atoms with van der Waals surface area (Å²) in [5.41, 5.74) is 0.355. The number of nitrogens with zero attached hydrogens (tertiary/aromatic N) is 4. The Labute approximate surface area is 232 Å². The molecule has 0 N–H and O–H groups in total.